The molecule has 0 saturated carbocycles. The van der Waals surface area contributed by atoms with Gasteiger partial charge in [0, 0.05) is 17.9 Å². The molecule has 30 heavy (non-hydrogen) atoms. The summed E-state index contributed by atoms with van der Waals surface area (Å²) in [7, 11) is 0. The molecule has 0 spiro atoms. The molecule has 9 heteroatoms. The van der Waals surface area contributed by atoms with Crippen LogP contribution in [-0.4, -0.2) is 33.2 Å². The van der Waals surface area contributed by atoms with Crippen LogP contribution in [0.4, 0.5) is 13.2 Å². The maximum absolute atomic E-state index is 13.3. The second-order valence-electron chi connectivity index (χ2n) is 6.97. The van der Waals surface area contributed by atoms with Crippen molar-refractivity contribution in [2.24, 2.45) is 0 Å². The van der Waals surface area contributed by atoms with E-state index in [4.69, 9.17) is 16.3 Å². The second-order valence-corrected chi connectivity index (χ2v) is 8.36. The fraction of sp³-hybridized carbons (Fsp3) is 0.333. The molecule has 1 aliphatic heterocycles. The summed E-state index contributed by atoms with van der Waals surface area (Å²) < 4.78 is 47.3. The highest BCUT2D eigenvalue weighted by Gasteiger charge is 2.31. The number of ether oxygens (including phenoxy) is 1. The Morgan fingerprint density at radius 1 is 1.10 bits per heavy atom. The fourth-order valence-electron chi connectivity index (χ4n) is 3.34. The van der Waals surface area contributed by atoms with Gasteiger partial charge >= 0.3 is 6.18 Å². The number of nitrogens with zero attached hydrogens (tertiary/aromatic N) is 3. The summed E-state index contributed by atoms with van der Waals surface area (Å²) in [6.45, 7) is 0.733. The molecule has 1 fully saturated rings. The van der Waals surface area contributed by atoms with Gasteiger partial charge in [0.15, 0.2) is 11.0 Å². The van der Waals surface area contributed by atoms with Crippen LogP contribution in [0.3, 0.4) is 0 Å². The first-order chi connectivity index (χ1) is 14.4. The Bertz CT molecular complexity index is 1020. The Balaban J connectivity index is 1.75. The lowest BCUT2D eigenvalue weighted by Gasteiger charge is -2.22. The molecular formula is C21H19ClF3N3OS. The number of alkyl halides is 3. The lowest BCUT2D eigenvalue weighted by atomic mass is 10.1. The van der Waals surface area contributed by atoms with Crippen molar-refractivity contribution in [2.75, 3.05) is 12.4 Å². The molecular weight excluding hydrogens is 435 g/mol. The van der Waals surface area contributed by atoms with Crippen molar-refractivity contribution in [1.29, 1.82) is 0 Å². The van der Waals surface area contributed by atoms with Crippen LogP contribution in [-0.2, 0) is 10.9 Å². The van der Waals surface area contributed by atoms with Crippen LogP contribution >= 0.6 is 23.4 Å². The summed E-state index contributed by atoms with van der Waals surface area (Å²) >= 11 is 7.77. The first kappa shape index (κ1) is 21.2. The second kappa shape index (κ2) is 8.99. The molecule has 0 amide bonds. The van der Waals surface area contributed by atoms with Crippen molar-refractivity contribution >= 4 is 23.4 Å². The summed E-state index contributed by atoms with van der Waals surface area (Å²) in [5.41, 5.74) is 0.201. The molecule has 1 unspecified atom stereocenters. The largest absolute Gasteiger partial charge is 0.416 e. The minimum atomic E-state index is -4.45. The maximum atomic E-state index is 13.3. The van der Waals surface area contributed by atoms with E-state index in [1.54, 1.807) is 34.9 Å². The fourth-order valence-corrected chi connectivity index (χ4v) is 4.58. The maximum Gasteiger partial charge on any atom is 0.416 e. The Morgan fingerprint density at radius 3 is 2.67 bits per heavy atom. The van der Waals surface area contributed by atoms with Gasteiger partial charge < -0.3 is 4.74 Å². The van der Waals surface area contributed by atoms with Gasteiger partial charge in [0.1, 0.15) is 0 Å². The van der Waals surface area contributed by atoms with Crippen molar-refractivity contribution < 1.29 is 17.9 Å². The average molecular weight is 454 g/mol. The van der Waals surface area contributed by atoms with Crippen LogP contribution in [0.25, 0.3) is 17.1 Å². The van der Waals surface area contributed by atoms with E-state index in [1.165, 1.54) is 17.8 Å². The van der Waals surface area contributed by atoms with Crippen LogP contribution < -0.4 is 0 Å². The van der Waals surface area contributed by atoms with Gasteiger partial charge in [-0.05, 0) is 49.6 Å². The molecule has 158 valence electrons. The van der Waals surface area contributed by atoms with Gasteiger partial charge in [0.05, 0.1) is 22.4 Å². The van der Waals surface area contributed by atoms with E-state index >= 15 is 0 Å². The molecule has 2 heterocycles. The van der Waals surface area contributed by atoms with Gasteiger partial charge in [-0.2, -0.15) is 13.2 Å². The van der Waals surface area contributed by atoms with E-state index in [9.17, 15) is 13.2 Å². The predicted octanol–water partition coefficient (Wildman–Crippen LogP) is 6.27. The molecule has 0 bridgehead atoms. The van der Waals surface area contributed by atoms with Crippen molar-refractivity contribution in [3.8, 4) is 17.1 Å². The number of halogens is 4. The smallest absolute Gasteiger partial charge is 0.377 e. The molecule has 1 aromatic heterocycles. The first-order valence-corrected chi connectivity index (χ1v) is 10.9. The van der Waals surface area contributed by atoms with E-state index in [2.05, 4.69) is 10.2 Å². The number of rotatable bonds is 5. The number of hydrogen-bond acceptors (Lipinski definition) is 4. The van der Waals surface area contributed by atoms with Gasteiger partial charge in [-0.15, -0.1) is 10.2 Å². The van der Waals surface area contributed by atoms with Crippen LogP contribution in [0.1, 0.15) is 24.8 Å². The molecule has 2 aromatic carbocycles. The number of hydrogen-bond donors (Lipinski definition) is 0. The number of benzene rings is 2. The summed E-state index contributed by atoms with van der Waals surface area (Å²) in [6, 6.07) is 12.2. The molecule has 1 aliphatic rings. The highest BCUT2D eigenvalue weighted by atomic mass is 35.5. The van der Waals surface area contributed by atoms with Crippen LogP contribution in [0.5, 0.6) is 0 Å². The summed E-state index contributed by atoms with van der Waals surface area (Å²) in [6.07, 6.45) is -1.23. The average Bonchev–Trinajstić information content (AvgIpc) is 3.16. The van der Waals surface area contributed by atoms with Gasteiger partial charge in [-0.3, -0.25) is 4.57 Å². The van der Waals surface area contributed by atoms with Crippen molar-refractivity contribution in [3.05, 3.63) is 59.1 Å². The van der Waals surface area contributed by atoms with Gasteiger partial charge in [0.25, 0.3) is 0 Å². The van der Waals surface area contributed by atoms with E-state index in [0.29, 0.717) is 33.0 Å². The molecule has 3 aromatic rings. The summed E-state index contributed by atoms with van der Waals surface area (Å²) in [5, 5.41) is 9.48. The highest BCUT2D eigenvalue weighted by Crippen LogP contribution is 2.35. The lowest BCUT2D eigenvalue weighted by molar-refractivity contribution is -0.137. The Kier molecular flexibility index (Phi) is 6.36. The predicted molar refractivity (Wildman–Crippen MR) is 111 cm³/mol. The van der Waals surface area contributed by atoms with E-state index < -0.39 is 11.7 Å². The minimum absolute atomic E-state index is 0.0965. The molecule has 1 atom stereocenters. The molecule has 4 nitrogen and oxygen atoms in total. The molecule has 4 rings (SSSR count). The molecule has 1 saturated heterocycles. The van der Waals surface area contributed by atoms with Crippen molar-refractivity contribution in [3.63, 3.8) is 0 Å². The summed E-state index contributed by atoms with van der Waals surface area (Å²) in [5.74, 6) is 1.05. The Labute approximate surface area is 181 Å². The van der Waals surface area contributed by atoms with Crippen LogP contribution in [0, 0.1) is 0 Å². The number of thioether (sulfide) groups is 1. The zero-order valence-electron chi connectivity index (χ0n) is 15.9. The standard InChI is InChI=1S/C21H19ClF3N3OS/c22-18-10-2-1-9-17(18)19-26-27-20(30-13-16-8-3-4-11-29-16)28(19)15-7-5-6-14(12-15)21(23,24)25/h1-2,5-7,9-10,12,16H,3-4,8,11,13H2. The van der Waals surface area contributed by atoms with Crippen LogP contribution in [0.15, 0.2) is 53.7 Å². The SMILES string of the molecule is FC(F)(F)c1cccc(-n2c(SCC3CCCCO3)nnc2-c2ccccc2Cl)c1. The number of aromatic nitrogens is 3. The Morgan fingerprint density at radius 2 is 1.93 bits per heavy atom. The first-order valence-electron chi connectivity index (χ1n) is 9.56. The Hall–Kier alpha value is -2.03. The van der Waals surface area contributed by atoms with E-state index in [1.807, 2.05) is 0 Å². The van der Waals surface area contributed by atoms with Gasteiger partial charge in [-0.1, -0.05) is 41.6 Å². The zero-order chi connectivity index (χ0) is 21.1. The molecule has 0 aliphatic carbocycles. The highest BCUT2D eigenvalue weighted by molar-refractivity contribution is 7.99. The topological polar surface area (TPSA) is 39.9 Å². The van der Waals surface area contributed by atoms with Crippen molar-refractivity contribution in [1.82, 2.24) is 14.8 Å². The lowest BCUT2D eigenvalue weighted by Crippen LogP contribution is -2.21. The molecule has 0 N–H and O–H groups in total. The van der Waals surface area contributed by atoms with Gasteiger partial charge in [0.2, 0.25) is 0 Å². The zero-order valence-corrected chi connectivity index (χ0v) is 17.5. The quantitative estimate of drug-likeness (QED) is 0.427. The monoisotopic (exact) mass is 453 g/mol. The van der Waals surface area contributed by atoms with E-state index in [-0.39, 0.29) is 6.10 Å². The van der Waals surface area contributed by atoms with Crippen molar-refractivity contribution in [2.45, 2.75) is 36.7 Å². The molecule has 0 radical (unpaired) electrons. The summed E-state index contributed by atoms with van der Waals surface area (Å²) in [4.78, 5) is 0. The third kappa shape index (κ3) is 4.66. The minimum Gasteiger partial charge on any atom is -0.377 e. The van der Waals surface area contributed by atoms with E-state index in [0.717, 1.165) is 38.0 Å². The van der Waals surface area contributed by atoms with Gasteiger partial charge in [-0.25, -0.2) is 0 Å². The van der Waals surface area contributed by atoms with Crippen LogP contribution in [0.2, 0.25) is 5.02 Å². The third-order valence-electron chi connectivity index (χ3n) is 4.85. The normalized spacial score (nSPS) is 17.3. The third-order valence-corrected chi connectivity index (χ3v) is 6.24.